The van der Waals surface area contributed by atoms with Crippen molar-refractivity contribution in [3.8, 4) is 0 Å². The number of aryl methyl sites for hydroxylation is 1. The summed E-state index contributed by atoms with van der Waals surface area (Å²) in [5.41, 5.74) is 0.0121. The largest absolute Gasteiger partial charge is 0.334 e. The summed E-state index contributed by atoms with van der Waals surface area (Å²) in [7, 11) is -3.00. The molecule has 2 heterocycles. The lowest BCUT2D eigenvalue weighted by atomic mass is 10.1. The second-order valence-corrected chi connectivity index (χ2v) is 8.63. The van der Waals surface area contributed by atoms with E-state index in [1.54, 1.807) is 6.20 Å². The van der Waals surface area contributed by atoms with Gasteiger partial charge in [0.15, 0.2) is 9.84 Å². The standard InChI is InChI=1S/C13H23N3O2S/c1-11-14-5-6-15(11)9-12-10-16(13(2,3)4)7-8-19(12,17)18/h5-6,12H,7-10H2,1-4H3. The lowest BCUT2D eigenvalue weighted by molar-refractivity contribution is 0.136. The Kier molecular flexibility index (Phi) is 3.75. The van der Waals surface area contributed by atoms with E-state index < -0.39 is 9.84 Å². The van der Waals surface area contributed by atoms with Crippen LogP contribution in [0, 0.1) is 6.92 Å². The van der Waals surface area contributed by atoms with Gasteiger partial charge in [0, 0.05) is 37.6 Å². The van der Waals surface area contributed by atoms with Crippen molar-refractivity contribution in [3.63, 3.8) is 0 Å². The fraction of sp³-hybridized carbons (Fsp3) is 0.769. The van der Waals surface area contributed by atoms with Crippen LogP contribution in [0.5, 0.6) is 0 Å². The van der Waals surface area contributed by atoms with Crippen LogP contribution in [0.4, 0.5) is 0 Å². The molecule has 0 spiro atoms. The second-order valence-electron chi connectivity index (χ2n) is 6.23. The van der Waals surface area contributed by atoms with Gasteiger partial charge in [-0.05, 0) is 27.7 Å². The molecule has 0 aromatic carbocycles. The molecule has 1 aliphatic rings. The first-order chi connectivity index (χ1) is 8.70. The highest BCUT2D eigenvalue weighted by atomic mass is 32.2. The van der Waals surface area contributed by atoms with Gasteiger partial charge in [-0.3, -0.25) is 4.90 Å². The zero-order valence-electron chi connectivity index (χ0n) is 12.1. The van der Waals surface area contributed by atoms with Crippen molar-refractivity contribution in [1.29, 1.82) is 0 Å². The Balaban J connectivity index is 2.18. The molecule has 0 saturated carbocycles. The average molecular weight is 285 g/mol. The quantitative estimate of drug-likeness (QED) is 0.816. The molecule has 19 heavy (non-hydrogen) atoms. The van der Waals surface area contributed by atoms with Gasteiger partial charge < -0.3 is 4.57 Å². The Bertz CT molecular complexity index is 542. The maximum Gasteiger partial charge on any atom is 0.157 e. The Morgan fingerprint density at radius 3 is 2.63 bits per heavy atom. The van der Waals surface area contributed by atoms with Crippen molar-refractivity contribution in [2.75, 3.05) is 18.8 Å². The SMILES string of the molecule is Cc1nccn1CC1CN(C(C)(C)C)CCS1(=O)=O. The van der Waals surface area contributed by atoms with Crippen LogP contribution in [0.25, 0.3) is 0 Å². The molecule has 1 aromatic heterocycles. The third kappa shape index (κ3) is 3.17. The minimum atomic E-state index is -3.00. The van der Waals surface area contributed by atoms with Crippen LogP contribution < -0.4 is 0 Å². The van der Waals surface area contributed by atoms with Gasteiger partial charge in [-0.15, -0.1) is 0 Å². The predicted molar refractivity (Wildman–Crippen MR) is 75.9 cm³/mol. The molecule has 1 fully saturated rings. The molecule has 2 rings (SSSR count). The molecule has 1 unspecified atom stereocenters. The van der Waals surface area contributed by atoms with Crippen LogP contribution in [0.15, 0.2) is 12.4 Å². The molecule has 108 valence electrons. The van der Waals surface area contributed by atoms with Crippen molar-refractivity contribution >= 4 is 9.84 Å². The fourth-order valence-corrected chi connectivity index (χ4v) is 4.05. The summed E-state index contributed by atoms with van der Waals surface area (Å²) in [5.74, 6) is 1.12. The summed E-state index contributed by atoms with van der Waals surface area (Å²) in [6.07, 6.45) is 3.56. The Hall–Kier alpha value is -0.880. The van der Waals surface area contributed by atoms with Crippen molar-refractivity contribution in [2.45, 2.75) is 45.0 Å². The highest BCUT2D eigenvalue weighted by Crippen LogP contribution is 2.22. The Morgan fingerprint density at radius 2 is 2.11 bits per heavy atom. The third-order valence-corrected chi connectivity index (χ3v) is 5.92. The van der Waals surface area contributed by atoms with Gasteiger partial charge in [0.1, 0.15) is 5.82 Å². The van der Waals surface area contributed by atoms with Crippen molar-refractivity contribution in [3.05, 3.63) is 18.2 Å². The van der Waals surface area contributed by atoms with Crippen LogP contribution in [0.3, 0.4) is 0 Å². The molecule has 0 amide bonds. The van der Waals surface area contributed by atoms with E-state index in [2.05, 4.69) is 30.7 Å². The zero-order valence-corrected chi connectivity index (χ0v) is 12.9. The van der Waals surface area contributed by atoms with Crippen LogP contribution in [0.1, 0.15) is 26.6 Å². The smallest absolute Gasteiger partial charge is 0.157 e. The molecule has 1 atom stereocenters. The van der Waals surface area contributed by atoms with Gasteiger partial charge in [0.05, 0.1) is 11.0 Å². The van der Waals surface area contributed by atoms with Crippen LogP contribution in [-0.4, -0.2) is 52.5 Å². The van der Waals surface area contributed by atoms with E-state index in [0.717, 1.165) is 5.82 Å². The number of nitrogens with zero attached hydrogens (tertiary/aromatic N) is 3. The Labute approximate surface area is 115 Å². The first-order valence-corrected chi connectivity index (χ1v) is 8.36. The van der Waals surface area contributed by atoms with Crippen molar-refractivity contribution < 1.29 is 8.42 Å². The summed E-state index contributed by atoms with van der Waals surface area (Å²) in [5, 5.41) is -0.339. The minimum absolute atomic E-state index is 0.0121. The molecule has 1 aliphatic heterocycles. The molecule has 5 nitrogen and oxygen atoms in total. The maximum atomic E-state index is 12.2. The lowest BCUT2D eigenvalue weighted by Crippen LogP contribution is -2.55. The first kappa shape index (κ1) is 14.5. The summed E-state index contributed by atoms with van der Waals surface area (Å²) in [4.78, 5) is 6.41. The monoisotopic (exact) mass is 285 g/mol. The van der Waals surface area contributed by atoms with E-state index in [1.807, 2.05) is 17.7 Å². The highest BCUT2D eigenvalue weighted by molar-refractivity contribution is 7.92. The van der Waals surface area contributed by atoms with Gasteiger partial charge in [-0.1, -0.05) is 0 Å². The normalized spacial score (nSPS) is 24.5. The van der Waals surface area contributed by atoms with E-state index >= 15 is 0 Å². The van der Waals surface area contributed by atoms with Crippen LogP contribution in [-0.2, 0) is 16.4 Å². The summed E-state index contributed by atoms with van der Waals surface area (Å²) in [6, 6.07) is 0. The molecule has 0 bridgehead atoms. The minimum Gasteiger partial charge on any atom is -0.334 e. The van der Waals surface area contributed by atoms with Gasteiger partial charge in [-0.25, -0.2) is 13.4 Å². The van der Waals surface area contributed by atoms with Crippen LogP contribution >= 0.6 is 0 Å². The first-order valence-electron chi connectivity index (χ1n) is 6.64. The number of hydrogen-bond acceptors (Lipinski definition) is 4. The number of imidazole rings is 1. The van der Waals surface area contributed by atoms with Crippen molar-refractivity contribution in [2.24, 2.45) is 0 Å². The van der Waals surface area contributed by atoms with Gasteiger partial charge in [-0.2, -0.15) is 0 Å². The molecular formula is C13H23N3O2S. The van der Waals surface area contributed by atoms with E-state index in [0.29, 0.717) is 19.6 Å². The number of rotatable bonds is 2. The van der Waals surface area contributed by atoms with Gasteiger partial charge >= 0.3 is 0 Å². The van der Waals surface area contributed by atoms with Gasteiger partial charge in [0.25, 0.3) is 0 Å². The summed E-state index contributed by atoms with van der Waals surface area (Å²) < 4.78 is 26.4. The van der Waals surface area contributed by atoms with E-state index in [9.17, 15) is 8.42 Å². The average Bonchev–Trinajstić information content (AvgIpc) is 2.65. The molecule has 6 heteroatoms. The second kappa shape index (κ2) is 4.90. The van der Waals surface area contributed by atoms with E-state index in [-0.39, 0.29) is 16.5 Å². The zero-order chi connectivity index (χ0) is 14.3. The molecule has 0 N–H and O–H groups in total. The lowest BCUT2D eigenvalue weighted by Gasteiger charge is -2.41. The molecule has 1 saturated heterocycles. The predicted octanol–water partition coefficient (Wildman–Crippen LogP) is 1.09. The topological polar surface area (TPSA) is 55.2 Å². The van der Waals surface area contributed by atoms with E-state index in [4.69, 9.17) is 0 Å². The summed E-state index contributed by atoms with van der Waals surface area (Å²) >= 11 is 0. The van der Waals surface area contributed by atoms with Gasteiger partial charge in [0.2, 0.25) is 0 Å². The number of aromatic nitrogens is 2. The fourth-order valence-electron chi connectivity index (χ4n) is 2.45. The van der Waals surface area contributed by atoms with E-state index in [1.165, 1.54) is 0 Å². The highest BCUT2D eigenvalue weighted by Gasteiger charge is 2.37. The molecule has 1 aromatic rings. The summed E-state index contributed by atoms with van der Waals surface area (Å²) in [6.45, 7) is 10.0. The molecule has 0 aliphatic carbocycles. The third-order valence-electron chi connectivity index (χ3n) is 3.85. The Morgan fingerprint density at radius 1 is 1.42 bits per heavy atom. The number of hydrogen-bond donors (Lipinski definition) is 0. The number of sulfone groups is 1. The molecular weight excluding hydrogens is 262 g/mol. The van der Waals surface area contributed by atoms with Crippen LogP contribution in [0.2, 0.25) is 0 Å². The maximum absolute atomic E-state index is 12.2. The van der Waals surface area contributed by atoms with Crippen molar-refractivity contribution in [1.82, 2.24) is 14.5 Å². The molecule has 0 radical (unpaired) electrons.